The first-order valence-electron chi connectivity index (χ1n) is 11.5. The lowest BCUT2D eigenvalue weighted by Gasteiger charge is -2.32. The van der Waals surface area contributed by atoms with Crippen LogP contribution in [0.4, 0.5) is 4.39 Å². The van der Waals surface area contributed by atoms with Gasteiger partial charge in [-0.1, -0.05) is 30.3 Å². The predicted molar refractivity (Wildman–Crippen MR) is 126 cm³/mol. The van der Waals surface area contributed by atoms with E-state index in [1.54, 1.807) is 18.6 Å². The first-order chi connectivity index (χ1) is 16.2. The number of halogens is 1. The topological polar surface area (TPSA) is 67.1 Å². The van der Waals surface area contributed by atoms with Crippen LogP contribution in [0.3, 0.4) is 0 Å². The van der Waals surface area contributed by atoms with Crippen LogP contribution in [0, 0.1) is 11.7 Å². The van der Waals surface area contributed by atoms with Crippen LogP contribution in [0.5, 0.6) is 5.75 Å². The van der Waals surface area contributed by atoms with E-state index in [1.165, 1.54) is 12.1 Å². The molecule has 0 bridgehead atoms. The largest absolute Gasteiger partial charge is 0.508 e. The number of likely N-dealkylation sites (tertiary alicyclic amines) is 1. The smallest absolute Gasteiger partial charge is 0.163 e. The Bertz CT molecular complexity index is 1220. The Balaban J connectivity index is 1.24. The molecule has 0 unspecified atom stereocenters. The Hall–Kier alpha value is -3.32. The summed E-state index contributed by atoms with van der Waals surface area (Å²) in [4.78, 5) is 15.9. The zero-order chi connectivity index (χ0) is 22.6. The molecular weight excluding hydrogens is 417 g/mol. The molecule has 1 aliphatic heterocycles. The fraction of sp³-hybridized carbons (Fsp3) is 0.346. The summed E-state index contributed by atoms with van der Waals surface area (Å²) in [7, 11) is 0. The molecule has 2 aromatic heterocycles. The molecule has 0 atom stereocenters. The van der Waals surface area contributed by atoms with E-state index in [1.807, 2.05) is 30.3 Å². The number of hydrogen-bond acceptors (Lipinski definition) is 5. The van der Waals surface area contributed by atoms with Gasteiger partial charge in [0.05, 0.1) is 12.7 Å². The molecular formula is C26H28FN5O. The van der Waals surface area contributed by atoms with Crippen molar-refractivity contribution in [2.24, 2.45) is 5.92 Å². The van der Waals surface area contributed by atoms with Crippen LogP contribution in [0.25, 0.3) is 11.2 Å². The molecule has 2 aromatic carbocycles. The summed E-state index contributed by atoms with van der Waals surface area (Å²) >= 11 is 0. The third-order valence-corrected chi connectivity index (χ3v) is 6.61. The molecule has 4 aromatic rings. The third kappa shape index (κ3) is 5.03. The molecule has 3 heterocycles. The van der Waals surface area contributed by atoms with Crippen LogP contribution >= 0.6 is 0 Å². The average molecular weight is 446 g/mol. The second-order valence-electron chi connectivity index (χ2n) is 8.84. The van der Waals surface area contributed by atoms with E-state index in [2.05, 4.69) is 19.4 Å². The van der Waals surface area contributed by atoms with Gasteiger partial charge in [0.2, 0.25) is 0 Å². The number of aromatic hydroxyl groups is 1. The maximum atomic E-state index is 13.4. The van der Waals surface area contributed by atoms with Crippen molar-refractivity contribution in [2.75, 3.05) is 19.6 Å². The summed E-state index contributed by atoms with van der Waals surface area (Å²) in [5, 5.41) is 10.00. The van der Waals surface area contributed by atoms with Gasteiger partial charge in [0.1, 0.15) is 29.2 Å². The van der Waals surface area contributed by atoms with Crippen LogP contribution in [-0.4, -0.2) is 49.2 Å². The molecule has 0 aliphatic carbocycles. The summed E-state index contributed by atoms with van der Waals surface area (Å²) in [6.07, 6.45) is 7.30. The number of phenolic OH excluding ortho intramolecular Hbond substituents is 1. The second kappa shape index (κ2) is 9.67. The molecule has 1 N–H and O–H groups in total. The normalized spacial score (nSPS) is 15.3. The van der Waals surface area contributed by atoms with Gasteiger partial charge in [0.15, 0.2) is 5.65 Å². The summed E-state index contributed by atoms with van der Waals surface area (Å²) in [6.45, 7) is 3.68. The number of aromatic nitrogens is 4. The van der Waals surface area contributed by atoms with Crippen LogP contribution in [-0.2, 0) is 19.4 Å². The Morgan fingerprint density at radius 1 is 1.03 bits per heavy atom. The van der Waals surface area contributed by atoms with E-state index in [0.717, 1.165) is 73.4 Å². The van der Waals surface area contributed by atoms with Gasteiger partial charge in [-0.2, -0.15) is 0 Å². The Labute approximate surface area is 192 Å². The van der Waals surface area contributed by atoms with Crippen molar-refractivity contribution in [2.45, 2.75) is 32.2 Å². The van der Waals surface area contributed by atoms with E-state index < -0.39 is 0 Å². The van der Waals surface area contributed by atoms with Crippen LogP contribution in [0.2, 0.25) is 0 Å². The maximum Gasteiger partial charge on any atom is 0.163 e. The fourth-order valence-corrected chi connectivity index (χ4v) is 4.69. The molecule has 33 heavy (non-hydrogen) atoms. The van der Waals surface area contributed by atoms with Gasteiger partial charge in [-0.25, -0.2) is 19.3 Å². The lowest BCUT2D eigenvalue weighted by atomic mass is 9.93. The highest BCUT2D eigenvalue weighted by atomic mass is 19.1. The van der Waals surface area contributed by atoms with Crippen molar-refractivity contribution in [3.63, 3.8) is 0 Å². The minimum absolute atomic E-state index is 0.231. The van der Waals surface area contributed by atoms with E-state index in [9.17, 15) is 9.50 Å². The number of fused-ring (bicyclic) bond motifs is 1. The molecule has 6 nitrogen and oxygen atoms in total. The highest BCUT2D eigenvalue weighted by Crippen LogP contribution is 2.25. The van der Waals surface area contributed by atoms with Crippen molar-refractivity contribution in [1.29, 1.82) is 0 Å². The van der Waals surface area contributed by atoms with Crippen molar-refractivity contribution in [3.8, 4) is 5.75 Å². The summed E-state index contributed by atoms with van der Waals surface area (Å²) in [6, 6.07) is 14.2. The molecule has 7 heteroatoms. The van der Waals surface area contributed by atoms with Crippen molar-refractivity contribution in [3.05, 3.63) is 83.8 Å². The standard InChI is InChI=1S/C26H28FN5O/c27-22-7-5-20(6-8-22)17-32-25(30-23-16-28-18-29-26(23)32)15-19-9-12-31(13-10-19)14-11-21-3-1-2-4-24(21)33/h1-8,16,18-19,33H,9-15,17H2. The Morgan fingerprint density at radius 3 is 2.61 bits per heavy atom. The van der Waals surface area contributed by atoms with Gasteiger partial charge < -0.3 is 14.6 Å². The number of rotatable bonds is 7. The zero-order valence-electron chi connectivity index (χ0n) is 18.6. The number of hydrogen-bond donors (Lipinski definition) is 1. The van der Waals surface area contributed by atoms with E-state index >= 15 is 0 Å². The Morgan fingerprint density at radius 2 is 1.82 bits per heavy atom. The highest BCUT2D eigenvalue weighted by molar-refractivity contribution is 5.70. The van der Waals surface area contributed by atoms with Crippen LogP contribution in [0.1, 0.15) is 29.8 Å². The quantitative estimate of drug-likeness (QED) is 0.461. The molecule has 0 spiro atoms. The number of imidazole rings is 1. The molecule has 1 saturated heterocycles. The average Bonchev–Trinajstić information content (AvgIpc) is 3.18. The minimum atomic E-state index is -0.231. The van der Waals surface area contributed by atoms with Gasteiger partial charge in [-0.3, -0.25) is 0 Å². The predicted octanol–water partition coefficient (Wildman–Crippen LogP) is 4.22. The van der Waals surface area contributed by atoms with Gasteiger partial charge >= 0.3 is 0 Å². The fourth-order valence-electron chi connectivity index (χ4n) is 4.69. The SMILES string of the molecule is Oc1ccccc1CCN1CCC(Cc2nc3cncnc3n2Cc2ccc(F)cc2)CC1. The van der Waals surface area contributed by atoms with Gasteiger partial charge in [0.25, 0.3) is 0 Å². The summed E-state index contributed by atoms with van der Waals surface area (Å²) in [5.74, 6) is 1.73. The van der Waals surface area contributed by atoms with Crippen molar-refractivity contribution >= 4 is 11.2 Å². The van der Waals surface area contributed by atoms with E-state index in [-0.39, 0.29) is 5.82 Å². The van der Waals surface area contributed by atoms with Crippen LogP contribution < -0.4 is 0 Å². The summed E-state index contributed by atoms with van der Waals surface area (Å²) in [5.41, 5.74) is 3.66. The molecule has 170 valence electrons. The van der Waals surface area contributed by atoms with Crippen molar-refractivity contribution < 1.29 is 9.50 Å². The zero-order valence-corrected chi connectivity index (χ0v) is 18.6. The number of para-hydroxylation sites is 1. The molecule has 5 rings (SSSR count). The molecule has 1 fully saturated rings. The number of phenols is 1. The second-order valence-corrected chi connectivity index (χ2v) is 8.84. The summed E-state index contributed by atoms with van der Waals surface area (Å²) < 4.78 is 15.5. The first-order valence-corrected chi connectivity index (χ1v) is 11.5. The van der Waals surface area contributed by atoms with Gasteiger partial charge in [-0.05, 0) is 67.6 Å². The van der Waals surface area contributed by atoms with Gasteiger partial charge in [0, 0.05) is 13.0 Å². The minimum Gasteiger partial charge on any atom is -0.508 e. The molecule has 0 radical (unpaired) electrons. The highest BCUT2D eigenvalue weighted by Gasteiger charge is 2.22. The maximum absolute atomic E-state index is 13.4. The molecule has 1 aliphatic rings. The number of benzene rings is 2. The monoisotopic (exact) mass is 445 g/mol. The third-order valence-electron chi connectivity index (χ3n) is 6.61. The lowest BCUT2D eigenvalue weighted by Crippen LogP contribution is -2.36. The number of piperidine rings is 1. The van der Waals surface area contributed by atoms with Crippen molar-refractivity contribution in [1.82, 2.24) is 24.4 Å². The van der Waals surface area contributed by atoms with E-state index in [0.29, 0.717) is 18.2 Å². The molecule has 0 saturated carbocycles. The van der Waals surface area contributed by atoms with Crippen LogP contribution in [0.15, 0.2) is 61.1 Å². The molecule has 0 amide bonds. The first kappa shape index (κ1) is 21.5. The lowest BCUT2D eigenvalue weighted by molar-refractivity contribution is 0.184. The van der Waals surface area contributed by atoms with E-state index in [4.69, 9.17) is 4.98 Å². The van der Waals surface area contributed by atoms with Gasteiger partial charge in [-0.15, -0.1) is 0 Å². The Kier molecular flexibility index (Phi) is 6.30. The number of nitrogens with zero attached hydrogens (tertiary/aromatic N) is 5.